The zero-order chi connectivity index (χ0) is 11.5. The predicted molar refractivity (Wildman–Crippen MR) is 61.7 cm³/mol. The van der Waals surface area contributed by atoms with Gasteiger partial charge in [-0.05, 0) is 31.7 Å². The van der Waals surface area contributed by atoms with Crippen molar-refractivity contribution in [3.8, 4) is 0 Å². The highest BCUT2D eigenvalue weighted by atomic mass is 32.2. The summed E-state index contributed by atoms with van der Waals surface area (Å²) in [5.41, 5.74) is 0.704. The summed E-state index contributed by atoms with van der Waals surface area (Å²) in [6.07, 6.45) is 0. The van der Waals surface area contributed by atoms with Gasteiger partial charge in [0.25, 0.3) is 0 Å². The maximum Gasteiger partial charge on any atom is 0.213 e. The Morgan fingerprint density at radius 3 is 2.75 bits per heavy atom. The average Bonchev–Trinajstić information content (AvgIpc) is 2.64. The van der Waals surface area contributed by atoms with Crippen LogP contribution in [-0.2, 0) is 0 Å². The Balaban J connectivity index is 2.31. The van der Waals surface area contributed by atoms with Crippen LogP contribution in [-0.4, -0.2) is 21.0 Å². The number of nitrogens with zero attached hydrogens (tertiary/aromatic N) is 2. The fraction of sp³-hybridized carbons (Fsp3) is 0.182. The van der Waals surface area contributed by atoms with Crippen molar-refractivity contribution in [2.24, 2.45) is 0 Å². The number of nitrogens with one attached hydrogen (secondary N) is 1. The third-order valence-electron chi connectivity index (χ3n) is 2.04. The maximum atomic E-state index is 11.4. The Morgan fingerprint density at radius 2 is 2.12 bits per heavy atom. The summed E-state index contributed by atoms with van der Waals surface area (Å²) < 4.78 is 0. The van der Waals surface area contributed by atoms with Gasteiger partial charge in [0.15, 0.2) is 5.78 Å². The molecule has 2 rings (SSSR count). The largest absolute Gasteiger partial charge is 0.294 e. The van der Waals surface area contributed by atoms with Gasteiger partial charge in [0, 0.05) is 10.5 Å². The highest BCUT2D eigenvalue weighted by molar-refractivity contribution is 7.99. The molecule has 5 heteroatoms. The molecule has 1 N–H and O–H groups in total. The summed E-state index contributed by atoms with van der Waals surface area (Å²) >= 11 is 1.39. The Hall–Kier alpha value is -1.62. The lowest BCUT2D eigenvalue weighted by Gasteiger charge is -2.02. The molecule has 0 saturated carbocycles. The van der Waals surface area contributed by atoms with E-state index in [0.29, 0.717) is 10.7 Å². The summed E-state index contributed by atoms with van der Waals surface area (Å²) in [6, 6.07) is 7.45. The normalized spacial score (nSPS) is 10.4. The van der Waals surface area contributed by atoms with Crippen molar-refractivity contribution < 1.29 is 4.79 Å². The first kappa shape index (κ1) is 10.9. The summed E-state index contributed by atoms with van der Waals surface area (Å²) in [7, 11) is 0. The van der Waals surface area contributed by atoms with Crippen molar-refractivity contribution in [2.75, 3.05) is 0 Å². The van der Waals surface area contributed by atoms with Crippen LogP contribution in [0, 0.1) is 6.92 Å². The third kappa shape index (κ3) is 2.30. The first-order valence-corrected chi connectivity index (χ1v) is 5.65. The van der Waals surface area contributed by atoms with Crippen molar-refractivity contribution in [1.29, 1.82) is 0 Å². The molecule has 0 spiro atoms. The molecule has 1 heterocycles. The second kappa shape index (κ2) is 4.49. The van der Waals surface area contributed by atoms with Crippen molar-refractivity contribution in [2.45, 2.75) is 23.9 Å². The van der Waals surface area contributed by atoms with Gasteiger partial charge in [0.2, 0.25) is 5.16 Å². The molecular weight excluding hydrogens is 222 g/mol. The highest BCUT2D eigenvalue weighted by Gasteiger charge is 2.09. The molecule has 4 nitrogen and oxygen atoms in total. The van der Waals surface area contributed by atoms with E-state index in [0.717, 1.165) is 10.7 Å². The summed E-state index contributed by atoms with van der Waals surface area (Å²) in [5.74, 6) is 0.818. The standard InChI is InChI=1S/C11H11N3OS/c1-7(15)9-5-3-4-6-10(9)16-11-12-8(2)13-14-11/h3-6H,1-2H3,(H,12,13,14). The minimum atomic E-state index is 0.0513. The predicted octanol–water partition coefficient (Wildman–Crippen LogP) is 2.47. The van der Waals surface area contributed by atoms with Crippen LogP contribution in [0.2, 0.25) is 0 Å². The van der Waals surface area contributed by atoms with Crippen LogP contribution >= 0.6 is 11.8 Å². The van der Waals surface area contributed by atoms with Gasteiger partial charge in [-0.15, -0.1) is 5.10 Å². The number of aromatic amines is 1. The zero-order valence-corrected chi connectivity index (χ0v) is 9.84. The van der Waals surface area contributed by atoms with Gasteiger partial charge in [-0.2, -0.15) is 0 Å². The van der Waals surface area contributed by atoms with Gasteiger partial charge in [-0.1, -0.05) is 18.2 Å². The number of rotatable bonds is 3. The lowest BCUT2D eigenvalue weighted by atomic mass is 10.1. The number of carbonyl (C=O) groups excluding carboxylic acids is 1. The van der Waals surface area contributed by atoms with Crippen molar-refractivity contribution in [3.63, 3.8) is 0 Å². The molecule has 0 atom stereocenters. The molecule has 1 aromatic carbocycles. The molecule has 0 saturated heterocycles. The molecule has 16 heavy (non-hydrogen) atoms. The number of H-pyrrole nitrogens is 1. The van der Waals surface area contributed by atoms with Crippen LogP contribution in [0.3, 0.4) is 0 Å². The number of aromatic nitrogens is 3. The van der Waals surface area contributed by atoms with E-state index in [1.165, 1.54) is 11.8 Å². The molecule has 0 aliphatic carbocycles. The van der Waals surface area contributed by atoms with Crippen LogP contribution in [0.1, 0.15) is 23.1 Å². The lowest BCUT2D eigenvalue weighted by Crippen LogP contribution is -1.94. The SMILES string of the molecule is CC(=O)c1ccccc1Sc1n[nH]c(C)n1. The number of hydrogen-bond acceptors (Lipinski definition) is 4. The summed E-state index contributed by atoms with van der Waals surface area (Å²) in [6.45, 7) is 3.40. The molecule has 0 aliphatic heterocycles. The Labute approximate surface area is 97.5 Å². The molecule has 0 fully saturated rings. The van der Waals surface area contributed by atoms with Crippen LogP contribution < -0.4 is 0 Å². The van der Waals surface area contributed by atoms with E-state index < -0.39 is 0 Å². The Morgan fingerprint density at radius 1 is 1.38 bits per heavy atom. The number of aryl methyl sites for hydroxylation is 1. The molecular formula is C11H11N3OS. The smallest absolute Gasteiger partial charge is 0.213 e. The van der Waals surface area contributed by atoms with Gasteiger partial charge < -0.3 is 0 Å². The Kier molecular flexibility index (Phi) is 3.05. The number of Topliss-reactive ketones (excluding diaryl/α,β-unsaturated/α-hetero) is 1. The topological polar surface area (TPSA) is 58.6 Å². The molecule has 1 aromatic heterocycles. The number of hydrogen-bond donors (Lipinski definition) is 1. The van der Waals surface area contributed by atoms with Crippen LogP contribution in [0.4, 0.5) is 0 Å². The molecule has 82 valence electrons. The van der Waals surface area contributed by atoms with Crippen molar-refractivity contribution in [1.82, 2.24) is 15.2 Å². The quantitative estimate of drug-likeness (QED) is 0.827. The maximum absolute atomic E-state index is 11.4. The number of carbonyl (C=O) groups is 1. The number of ketones is 1. The molecule has 0 unspecified atom stereocenters. The second-order valence-corrected chi connectivity index (χ2v) is 4.37. The first-order valence-electron chi connectivity index (χ1n) is 4.83. The van der Waals surface area contributed by atoms with Gasteiger partial charge >= 0.3 is 0 Å². The summed E-state index contributed by atoms with van der Waals surface area (Å²) in [5, 5.41) is 7.43. The van der Waals surface area contributed by atoms with E-state index in [2.05, 4.69) is 15.2 Å². The summed E-state index contributed by atoms with van der Waals surface area (Å²) in [4.78, 5) is 16.5. The average molecular weight is 233 g/mol. The fourth-order valence-corrected chi connectivity index (χ4v) is 2.25. The van der Waals surface area contributed by atoms with Crippen molar-refractivity contribution in [3.05, 3.63) is 35.7 Å². The van der Waals surface area contributed by atoms with Gasteiger partial charge in [0.05, 0.1) is 0 Å². The number of benzene rings is 1. The van der Waals surface area contributed by atoms with Gasteiger partial charge in [-0.3, -0.25) is 9.89 Å². The minimum absolute atomic E-state index is 0.0513. The minimum Gasteiger partial charge on any atom is -0.294 e. The lowest BCUT2D eigenvalue weighted by molar-refractivity contribution is 0.101. The first-order chi connectivity index (χ1) is 7.66. The van der Waals surface area contributed by atoms with Gasteiger partial charge in [0.1, 0.15) is 5.82 Å². The monoisotopic (exact) mass is 233 g/mol. The van der Waals surface area contributed by atoms with Gasteiger partial charge in [-0.25, -0.2) is 4.98 Å². The van der Waals surface area contributed by atoms with Crippen LogP contribution in [0.5, 0.6) is 0 Å². The van der Waals surface area contributed by atoms with E-state index in [9.17, 15) is 4.79 Å². The van der Waals surface area contributed by atoms with E-state index in [4.69, 9.17) is 0 Å². The van der Waals surface area contributed by atoms with Crippen LogP contribution in [0.15, 0.2) is 34.3 Å². The molecule has 2 aromatic rings. The highest BCUT2D eigenvalue weighted by Crippen LogP contribution is 2.27. The van der Waals surface area contributed by atoms with E-state index in [1.807, 2.05) is 31.2 Å². The van der Waals surface area contributed by atoms with Crippen molar-refractivity contribution >= 4 is 17.5 Å². The van der Waals surface area contributed by atoms with E-state index in [1.54, 1.807) is 6.92 Å². The van der Waals surface area contributed by atoms with E-state index >= 15 is 0 Å². The van der Waals surface area contributed by atoms with Crippen LogP contribution in [0.25, 0.3) is 0 Å². The molecule has 0 bridgehead atoms. The Bertz CT molecular complexity index is 521. The molecule has 0 aliphatic rings. The molecule has 0 radical (unpaired) electrons. The second-order valence-electron chi connectivity index (χ2n) is 3.36. The fourth-order valence-electron chi connectivity index (χ4n) is 1.31. The zero-order valence-electron chi connectivity index (χ0n) is 9.02. The third-order valence-corrected chi connectivity index (χ3v) is 2.99. The molecule has 0 amide bonds. The van der Waals surface area contributed by atoms with E-state index in [-0.39, 0.29) is 5.78 Å².